The van der Waals surface area contributed by atoms with Gasteiger partial charge in [-0.1, -0.05) is 12.1 Å². The van der Waals surface area contributed by atoms with Gasteiger partial charge in [0, 0.05) is 0 Å². The molecule has 1 aromatic carbocycles. The third kappa shape index (κ3) is 2.07. The monoisotopic (exact) mass is 308 g/mol. The highest BCUT2D eigenvalue weighted by molar-refractivity contribution is 5.87. The minimum absolute atomic E-state index is 0.0409. The molecule has 0 unspecified atom stereocenters. The van der Waals surface area contributed by atoms with E-state index in [-0.39, 0.29) is 23.1 Å². The van der Waals surface area contributed by atoms with Gasteiger partial charge in [-0.2, -0.15) is 4.98 Å². The second kappa shape index (κ2) is 4.95. The molecule has 0 bridgehead atoms. The van der Waals surface area contributed by atoms with Crippen molar-refractivity contribution < 1.29 is 8.83 Å². The summed E-state index contributed by atoms with van der Waals surface area (Å²) in [5, 5.41) is 0.327. The van der Waals surface area contributed by atoms with Gasteiger partial charge in [0.2, 0.25) is 11.1 Å². The molecule has 0 aliphatic carbocycles. The standard InChI is InChI=1S/C17H12N2O4/c1-10-18-16-14(15(20)12-6-2-3-7-13(12)23-16)17(21)19(10)9-11-5-4-8-22-11/h2-8H,9H2,1H3. The highest BCUT2D eigenvalue weighted by Gasteiger charge is 2.16. The number of furan rings is 1. The fraction of sp³-hybridized carbons (Fsp3) is 0.118. The van der Waals surface area contributed by atoms with E-state index < -0.39 is 5.56 Å². The van der Waals surface area contributed by atoms with E-state index in [1.54, 1.807) is 43.3 Å². The molecule has 0 saturated heterocycles. The predicted octanol–water partition coefficient (Wildman–Crippen LogP) is 2.45. The van der Waals surface area contributed by atoms with E-state index in [2.05, 4.69) is 4.98 Å². The van der Waals surface area contributed by atoms with Crippen molar-refractivity contribution in [2.24, 2.45) is 0 Å². The fourth-order valence-electron chi connectivity index (χ4n) is 2.63. The molecule has 0 radical (unpaired) electrons. The van der Waals surface area contributed by atoms with Crippen LogP contribution in [0.1, 0.15) is 11.6 Å². The summed E-state index contributed by atoms with van der Waals surface area (Å²) in [7, 11) is 0. The molecule has 0 saturated carbocycles. The lowest BCUT2D eigenvalue weighted by Crippen LogP contribution is -2.28. The Labute approximate surface area is 129 Å². The van der Waals surface area contributed by atoms with E-state index in [9.17, 15) is 9.59 Å². The number of nitrogens with zero attached hydrogens (tertiary/aromatic N) is 2. The Balaban J connectivity index is 2.07. The summed E-state index contributed by atoms with van der Waals surface area (Å²) in [6.07, 6.45) is 1.53. The highest BCUT2D eigenvalue weighted by Crippen LogP contribution is 2.15. The first kappa shape index (κ1) is 13.5. The molecule has 6 heteroatoms. The van der Waals surface area contributed by atoms with E-state index in [1.807, 2.05) is 0 Å². The summed E-state index contributed by atoms with van der Waals surface area (Å²) >= 11 is 0. The van der Waals surface area contributed by atoms with Crippen LogP contribution in [0.4, 0.5) is 0 Å². The van der Waals surface area contributed by atoms with Crippen molar-refractivity contribution in [1.29, 1.82) is 0 Å². The number of benzene rings is 1. The van der Waals surface area contributed by atoms with Crippen LogP contribution >= 0.6 is 0 Å². The Bertz CT molecular complexity index is 1140. The normalized spacial score (nSPS) is 11.3. The Morgan fingerprint density at radius 3 is 2.74 bits per heavy atom. The molecule has 3 aromatic heterocycles. The Hall–Kier alpha value is -3.15. The summed E-state index contributed by atoms with van der Waals surface area (Å²) in [6.45, 7) is 1.91. The first-order valence-electron chi connectivity index (χ1n) is 7.10. The molecule has 0 fully saturated rings. The van der Waals surface area contributed by atoms with Gasteiger partial charge in [-0.05, 0) is 31.2 Å². The molecule has 3 heterocycles. The zero-order chi connectivity index (χ0) is 16.0. The first-order valence-corrected chi connectivity index (χ1v) is 7.10. The number of hydrogen-bond donors (Lipinski definition) is 0. The van der Waals surface area contributed by atoms with Gasteiger partial charge < -0.3 is 8.83 Å². The molecule has 0 aliphatic heterocycles. The highest BCUT2D eigenvalue weighted by atomic mass is 16.3. The average Bonchev–Trinajstić information content (AvgIpc) is 3.04. The van der Waals surface area contributed by atoms with E-state index in [1.165, 1.54) is 10.8 Å². The number of para-hydroxylation sites is 1. The fourth-order valence-corrected chi connectivity index (χ4v) is 2.63. The van der Waals surface area contributed by atoms with Gasteiger partial charge in [-0.15, -0.1) is 0 Å². The second-order valence-electron chi connectivity index (χ2n) is 5.24. The summed E-state index contributed by atoms with van der Waals surface area (Å²) in [4.78, 5) is 29.7. The number of fused-ring (bicyclic) bond motifs is 2. The maximum atomic E-state index is 12.8. The quantitative estimate of drug-likeness (QED) is 0.531. The predicted molar refractivity (Wildman–Crippen MR) is 84.6 cm³/mol. The average molecular weight is 308 g/mol. The Morgan fingerprint density at radius 1 is 1.13 bits per heavy atom. The molecule has 4 rings (SSSR count). The van der Waals surface area contributed by atoms with Crippen molar-refractivity contribution in [3.63, 3.8) is 0 Å². The van der Waals surface area contributed by atoms with Gasteiger partial charge in [0.05, 0.1) is 18.2 Å². The smallest absolute Gasteiger partial charge is 0.269 e. The van der Waals surface area contributed by atoms with Crippen LogP contribution in [0, 0.1) is 6.92 Å². The molecule has 0 N–H and O–H groups in total. The number of hydrogen-bond acceptors (Lipinski definition) is 5. The maximum Gasteiger partial charge on any atom is 0.269 e. The Morgan fingerprint density at radius 2 is 1.96 bits per heavy atom. The maximum absolute atomic E-state index is 12.8. The van der Waals surface area contributed by atoms with E-state index in [4.69, 9.17) is 8.83 Å². The molecule has 0 spiro atoms. The van der Waals surface area contributed by atoms with Gasteiger partial charge in [-0.3, -0.25) is 14.2 Å². The molecule has 6 nitrogen and oxygen atoms in total. The van der Waals surface area contributed by atoms with Crippen LogP contribution in [0.5, 0.6) is 0 Å². The van der Waals surface area contributed by atoms with Crippen LogP contribution in [0.2, 0.25) is 0 Å². The summed E-state index contributed by atoms with van der Waals surface area (Å²) in [5.74, 6) is 1.07. The first-order chi connectivity index (χ1) is 11.1. The lowest BCUT2D eigenvalue weighted by Gasteiger charge is -2.09. The van der Waals surface area contributed by atoms with Crippen molar-refractivity contribution in [2.45, 2.75) is 13.5 Å². The summed E-state index contributed by atoms with van der Waals surface area (Å²) < 4.78 is 12.3. The van der Waals surface area contributed by atoms with Crippen molar-refractivity contribution in [3.05, 3.63) is 74.8 Å². The third-order valence-corrected chi connectivity index (χ3v) is 3.79. The van der Waals surface area contributed by atoms with Crippen LogP contribution in [0.15, 0.2) is 61.1 Å². The Kier molecular flexibility index (Phi) is 2.90. The molecular formula is C17H12N2O4. The van der Waals surface area contributed by atoms with E-state index in [0.29, 0.717) is 22.6 Å². The van der Waals surface area contributed by atoms with Crippen molar-refractivity contribution in [3.8, 4) is 0 Å². The number of aromatic nitrogens is 2. The number of aryl methyl sites for hydroxylation is 1. The summed E-state index contributed by atoms with van der Waals surface area (Å²) in [5.41, 5.74) is -0.317. The van der Waals surface area contributed by atoms with Crippen LogP contribution in [0.25, 0.3) is 22.1 Å². The summed E-state index contributed by atoms with van der Waals surface area (Å²) in [6, 6.07) is 10.3. The molecular weight excluding hydrogens is 296 g/mol. The molecule has 0 amide bonds. The number of rotatable bonds is 2. The lowest BCUT2D eigenvalue weighted by atomic mass is 10.2. The van der Waals surface area contributed by atoms with Crippen molar-refractivity contribution in [1.82, 2.24) is 9.55 Å². The van der Waals surface area contributed by atoms with Crippen LogP contribution in [-0.4, -0.2) is 9.55 Å². The van der Waals surface area contributed by atoms with Crippen LogP contribution in [0.3, 0.4) is 0 Å². The van der Waals surface area contributed by atoms with Crippen molar-refractivity contribution in [2.75, 3.05) is 0 Å². The SMILES string of the molecule is Cc1nc2oc3ccccc3c(=O)c2c(=O)n1Cc1ccco1. The van der Waals surface area contributed by atoms with Gasteiger partial charge in [0.1, 0.15) is 17.2 Å². The van der Waals surface area contributed by atoms with E-state index >= 15 is 0 Å². The van der Waals surface area contributed by atoms with Crippen molar-refractivity contribution >= 4 is 22.1 Å². The lowest BCUT2D eigenvalue weighted by molar-refractivity contribution is 0.484. The largest absolute Gasteiger partial charge is 0.467 e. The zero-order valence-electron chi connectivity index (χ0n) is 12.3. The van der Waals surface area contributed by atoms with Gasteiger partial charge >= 0.3 is 0 Å². The molecule has 0 aliphatic rings. The van der Waals surface area contributed by atoms with Gasteiger partial charge in [-0.25, -0.2) is 0 Å². The second-order valence-corrected chi connectivity index (χ2v) is 5.24. The third-order valence-electron chi connectivity index (χ3n) is 3.79. The molecule has 23 heavy (non-hydrogen) atoms. The van der Waals surface area contributed by atoms with Gasteiger partial charge in [0.15, 0.2) is 5.39 Å². The minimum atomic E-state index is -0.427. The molecule has 114 valence electrons. The molecule has 4 aromatic rings. The van der Waals surface area contributed by atoms with Crippen LogP contribution in [-0.2, 0) is 6.54 Å². The minimum Gasteiger partial charge on any atom is -0.467 e. The van der Waals surface area contributed by atoms with Crippen LogP contribution < -0.4 is 11.0 Å². The van der Waals surface area contributed by atoms with E-state index in [0.717, 1.165) is 0 Å². The van der Waals surface area contributed by atoms with Gasteiger partial charge in [0.25, 0.3) is 5.56 Å². The zero-order valence-corrected chi connectivity index (χ0v) is 12.3. The topological polar surface area (TPSA) is 78.2 Å². The molecule has 0 atom stereocenters.